The van der Waals surface area contributed by atoms with Gasteiger partial charge in [0.1, 0.15) is 0 Å². The zero-order valence-corrected chi connectivity index (χ0v) is 11.2. The summed E-state index contributed by atoms with van der Waals surface area (Å²) >= 11 is 0. The van der Waals surface area contributed by atoms with Crippen LogP contribution in [0.5, 0.6) is 0 Å². The smallest absolute Gasteiger partial charge is 0.407 e. The van der Waals surface area contributed by atoms with Crippen LogP contribution in [0.15, 0.2) is 0 Å². The molecule has 0 saturated carbocycles. The highest BCUT2D eigenvalue weighted by Gasteiger charge is 2.16. The Morgan fingerprint density at radius 1 is 1.38 bits per heavy atom. The van der Waals surface area contributed by atoms with Crippen molar-refractivity contribution in [2.24, 2.45) is 17.1 Å². The van der Waals surface area contributed by atoms with Gasteiger partial charge in [-0.3, -0.25) is 0 Å². The van der Waals surface area contributed by atoms with Crippen molar-refractivity contribution in [2.45, 2.75) is 47.1 Å². The summed E-state index contributed by atoms with van der Waals surface area (Å²) in [5.41, 5.74) is 6.08. The van der Waals surface area contributed by atoms with Crippen LogP contribution in [0.25, 0.3) is 0 Å². The van der Waals surface area contributed by atoms with Gasteiger partial charge in [0, 0.05) is 12.6 Å². The molecule has 0 aliphatic rings. The zero-order chi connectivity index (χ0) is 12.8. The van der Waals surface area contributed by atoms with Gasteiger partial charge >= 0.3 is 6.09 Å². The minimum absolute atomic E-state index is 0.0217. The third kappa shape index (κ3) is 9.77. The van der Waals surface area contributed by atoms with Crippen LogP contribution in [0.2, 0.25) is 0 Å². The summed E-state index contributed by atoms with van der Waals surface area (Å²) in [7, 11) is 0. The Morgan fingerprint density at radius 2 is 1.94 bits per heavy atom. The summed E-state index contributed by atoms with van der Waals surface area (Å²) < 4.78 is 4.98. The van der Waals surface area contributed by atoms with Gasteiger partial charge in [0.2, 0.25) is 0 Å². The monoisotopic (exact) mass is 230 g/mol. The predicted molar refractivity (Wildman–Crippen MR) is 66.2 cm³/mol. The van der Waals surface area contributed by atoms with Gasteiger partial charge in [-0.05, 0) is 17.8 Å². The summed E-state index contributed by atoms with van der Waals surface area (Å²) in [5, 5.41) is 2.67. The van der Waals surface area contributed by atoms with E-state index in [-0.39, 0.29) is 17.6 Å². The highest BCUT2D eigenvalue weighted by atomic mass is 16.5. The first-order valence-electron chi connectivity index (χ1n) is 5.87. The molecule has 0 heterocycles. The minimum Gasteiger partial charge on any atom is -0.449 e. The first kappa shape index (κ1) is 15.2. The predicted octanol–water partition coefficient (Wildman–Crippen LogP) is 2.13. The van der Waals surface area contributed by atoms with Crippen LogP contribution in [-0.2, 0) is 4.74 Å². The van der Waals surface area contributed by atoms with Gasteiger partial charge in [-0.15, -0.1) is 0 Å². The molecule has 4 heteroatoms. The first-order valence-corrected chi connectivity index (χ1v) is 5.87. The molecular formula is C12H26N2O2. The topological polar surface area (TPSA) is 64.3 Å². The van der Waals surface area contributed by atoms with Crippen molar-refractivity contribution in [3.63, 3.8) is 0 Å². The molecule has 96 valence electrons. The van der Waals surface area contributed by atoms with E-state index in [0.29, 0.717) is 19.1 Å². The van der Waals surface area contributed by atoms with Gasteiger partial charge in [0.05, 0.1) is 6.61 Å². The number of hydrogen-bond acceptors (Lipinski definition) is 3. The van der Waals surface area contributed by atoms with Crippen molar-refractivity contribution >= 4 is 6.09 Å². The Bertz CT molecular complexity index is 210. The molecule has 0 saturated heterocycles. The Kier molecular flexibility index (Phi) is 6.41. The largest absolute Gasteiger partial charge is 0.449 e. The number of nitrogens with one attached hydrogen (secondary N) is 1. The molecule has 0 spiro atoms. The van der Waals surface area contributed by atoms with Crippen LogP contribution in [0.3, 0.4) is 0 Å². The highest BCUT2D eigenvalue weighted by molar-refractivity contribution is 5.67. The minimum atomic E-state index is -0.377. The van der Waals surface area contributed by atoms with Crippen molar-refractivity contribution in [3.8, 4) is 0 Å². The molecule has 0 aromatic rings. The summed E-state index contributed by atoms with van der Waals surface area (Å²) in [4.78, 5) is 11.2. The Morgan fingerprint density at radius 3 is 2.38 bits per heavy atom. The molecule has 0 aromatic carbocycles. The van der Waals surface area contributed by atoms with Crippen molar-refractivity contribution < 1.29 is 9.53 Å². The van der Waals surface area contributed by atoms with E-state index in [0.717, 1.165) is 6.42 Å². The SMILES string of the molecule is CC(C)COC(=O)NCC(N)CC(C)(C)C. The lowest BCUT2D eigenvalue weighted by molar-refractivity contribution is 0.132. The molecule has 1 amide bonds. The molecule has 0 aliphatic heterocycles. The fraction of sp³-hybridized carbons (Fsp3) is 0.917. The Hall–Kier alpha value is -0.770. The second-order valence-corrected chi connectivity index (χ2v) is 5.90. The van der Waals surface area contributed by atoms with Crippen molar-refractivity contribution in [3.05, 3.63) is 0 Å². The van der Waals surface area contributed by atoms with E-state index in [1.807, 2.05) is 13.8 Å². The number of hydrogen-bond donors (Lipinski definition) is 2. The van der Waals surface area contributed by atoms with Gasteiger partial charge in [-0.1, -0.05) is 34.6 Å². The molecule has 16 heavy (non-hydrogen) atoms. The second-order valence-electron chi connectivity index (χ2n) is 5.90. The Labute approximate surface area is 98.9 Å². The summed E-state index contributed by atoms with van der Waals surface area (Å²) in [5.74, 6) is 0.356. The quantitative estimate of drug-likeness (QED) is 0.760. The molecule has 0 radical (unpaired) electrons. The number of amides is 1. The maximum Gasteiger partial charge on any atom is 0.407 e. The van der Waals surface area contributed by atoms with Crippen molar-refractivity contribution in [1.29, 1.82) is 0 Å². The van der Waals surface area contributed by atoms with E-state index in [1.165, 1.54) is 0 Å². The number of ether oxygens (including phenoxy) is 1. The number of nitrogens with two attached hydrogens (primary N) is 1. The summed E-state index contributed by atoms with van der Waals surface area (Å²) in [6.45, 7) is 11.3. The number of carbonyl (C=O) groups excluding carboxylic acids is 1. The van der Waals surface area contributed by atoms with Gasteiger partial charge in [-0.25, -0.2) is 4.79 Å². The van der Waals surface area contributed by atoms with Crippen LogP contribution in [-0.4, -0.2) is 25.3 Å². The standard InChI is InChI=1S/C12H26N2O2/c1-9(2)8-16-11(15)14-7-10(13)6-12(3,4)5/h9-10H,6-8,13H2,1-5H3,(H,14,15). The molecule has 0 fully saturated rings. The highest BCUT2D eigenvalue weighted by Crippen LogP contribution is 2.19. The van der Waals surface area contributed by atoms with E-state index in [4.69, 9.17) is 10.5 Å². The molecule has 3 N–H and O–H groups in total. The lowest BCUT2D eigenvalue weighted by Crippen LogP contribution is -2.39. The molecule has 4 nitrogen and oxygen atoms in total. The van der Waals surface area contributed by atoms with Crippen LogP contribution >= 0.6 is 0 Å². The zero-order valence-electron chi connectivity index (χ0n) is 11.2. The first-order chi connectivity index (χ1) is 7.20. The lowest BCUT2D eigenvalue weighted by Gasteiger charge is -2.23. The van der Waals surface area contributed by atoms with Crippen molar-refractivity contribution in [2.75, 3.05) is 13.2 Å². The van der Waals surface area contributed by atoms with Crippen LogP contribution < -0.4 is 11.1 Å². The molecule has 0 bridgehead atoms. The lowest BCUT2D eigenvalue weighted by atomic mass is 9.88. The van der Waals surface area contributed by atoms with Crippen LogP contribution in [0.1, 0.15) is 41.0 Å². The van der Waals surface area contributed by atoms with E-state index >= 15 is 0 Å². The van der Waals surface area contributed by atoms with Gasteiger partial charge < -0.3 is 15.8 Å². The molecule has 1 atom stereocenters. The number of carbonyl (C=O) groups is 1. The average molecular weight is 230 g/mol. The number of alkyl carbamates (subject to hydrolysis) is 1. The number of rotatable bonds is 5. The summed E-state index contributed by atoms with van der Waals surface area (Å²) in [6, 6.07) is -0.0217. The van der Waals surface area contributed by atoms with E-state index < -0.39 is 0 Å². The van der Waals surface area contributed by atoms with E-state index in [2.05, 4.69) is 26.1 Å². The molecule has 0 aliphatic carbocycles. The third-order valence-corrected chi connectivity index (χ3v) is 1.93. The second kappa shape index (κ2) is 6.74. The fourth-order valence-electron chi connectivity index (χ4n) is 1.37. The van der Waals surface area contributed by atoms with Gasteiger partial charge in [0.15, 0.2) is 0 Å². The van der Waals surface area contributed by atoms with Gasteiger partial charge in [-0.2, -0.15) is 0 Å². The molecular weight excluding hydrogens is 204 g/mol. The fourth-order valence-corrected chi connectivity index (χ4v) is 1.37. The van der Waals surface area contributed by atoms with Crippen LogP contribution in [0, 0.1) is 11.3 Å². The normalized spacial score (nSPS) is 13.7. The van der Waals surface area contributed by atoms with Gasteiger partial charge in [0.25, 0.3) is 0 Å². The summed E-state index contributed by atoms with van der Waals surface area (Å²) in [6.07, 6.45) is 0.496. The van der Waals surface area contributed by atoms with Crippen molar-refractivity contribution in [1.82, 2.24) is 5.32 Å². The molecule has 0 rings (SSSR count). The van der Waals surface area contributed by atoms with Crippen LogP contribution in [0.4, 0.5) is 4.79 Å². The van der Waals surface area contributed by atoms with E-state index in [9.17, 15) is 4.79 Å². The third-order valence-electron chi connectivity index (χ3n) is 1.93. The average Bonchev–Trinajstić information content (AvgIpc) is 2.08. The van der Waals surface area contributed by atoms with E-state index in [1.54, 1.807) is 0 Å². The Balaban J connectivity index is 3.67. The molecule has 0 aromatic heterocycles. The maximum atomic E-state index is 11.2. The molecule has 1 unspecified atom stereocenters. The maximum absolute atomic E-state index is 11.2.